The van der Waals surface area contributed by atoms with Crippen LogP contribution in [0, 0.1) is 0 Å². The minimum absolute atomic E-state index is 0.262. The minimum Gasteiger partial charge on any atom is -0.460 e. The predicted molar refractivity (Wildman–Crippen MR) is 39.2 cm³/mol. The number of hydrogen-bond acceptors (Lipinski definition) is 3. The molecule has 4 nitrogen and oxygen atoms in total. The molecule has 60 valence electrons. The summed E-state index contributed by atoms with van der Waals surface area (Å²) in [5, 5.41) is 0. The van der Waals surface area contributed by atoms with Gasteiger partial charge in [-0.1, -0.05) is 6.92 Å². The second-order valence-corrected chi connectivity index (χ2v) is 2.07. The van der Waals surface area contributed by atoms with Gasteiger partial charge in [-0.25, -0.2) is 9.78 Å². The molecule has 1 N–H and O–H groups in total. The van der Waals surface area contributed by atoms with Crippen LogP contribution in [0.15, 0.2) is 12.4 Å². The summed E-state index contributed by atoms with van der Waals surface area (Å²) >= 11 is 0. The number of esters is 1. The van der Waals surface area contributed by atoms with Gasteiger partial charge in [-0.3, -0.25) is 0 Å². The Bertz CT molecular complexity index is 218. The maximum absolute atomic E-state index is 10.9. The van der Waals surface area contributed by atoms with E-state index in [0.717, 1.165) is 6.42 Å². The van der Waals surface area contributed by atoms with Gasteiger partial charge in [-0.05, 0) is 6.42 Å². The molecule has 0 bridgehead atoms. The molecule has 1 rings (SSSR count). The van der Waals surface area contributed by atoms with E-state index < -0.39 is 5.97 Å². The normalized spacial score (nSPS) is 9.55. The van der Waals surface area contributed by atoms with E-state index in [4.69, 9.17) is 4.74 Å². The van der Waals surface area contributed by atoms with Crippen molar-refractivity contribution in [3.05, 3.63) is 18.2 Å². The molecule has 0 unspecified atom stereocenters. The van der Waals surface area contributed by atoms with Crippen molar-refractivity contribution in [2.75, 3.05) is 6.61 Å². The highest BCUT2D eigenvalue weighted by Crippen LogP contribution is 1.92. The zero-order valence-electron chi connectivity index (χ0n) is 6.33. The lowest BCUT2D eigenvalue weighted by Gasteiger charge is -1.97. The lowest BCUT2D eigenvalue weighted by Crippen LogP contribution is -2.07. The van der Waals surface area contributed by atoms with Crippen LogP contribution >= 0.6 is 0 Å². The number of aromatic amines is 1. The third kappa shape index (κ3) is 2.07. The molecule has 0 saturated heterocycles. The van der Waals surface area contributed by atoms with Gasteiger partial charge in [0.1, 0.15) is 0 Å². The van der Waals surface area contributed by atoms with Crippen molar-refractivity contribution >= 4 is 5.97 Å². The molecule has 4 heteroatoms. The van der Waals surface area contributed by atoms with E-state index in [2.05, 4.69) is 9.97 Å². The van der Waals surface area contributed by atoms with E-state index >= 15 is 0 Å². The van der Waals surface area contributed by atoms with Gasteiger partial charge in [-0.15, -0.1) is 0 Å². The van der Waals surface area contributed by atoms with Crippen molar-refractivity contribution in [3.63, 3.8) is 0 Å². The van der Waals surface area contributed by atoms with Gasteiger partial charge < -0.3 is 9.72 Å². The highest BCUT2D eigenvalue weighted by molar-refractivity contribution is 5.84. The zero-order valence-corrected chi connectivity index (χ0v) is 6.33. The number of aromatic nitrogens is 2. The molecule has 1 aromatic rings. The van der Waals surface area contributed by atoms with E-state index in [0.29, 0.717) is 6.61 Å². The summed E-state index contributed by atoms with van der Waals surface area (Å²) in [7, 11) is 0. The number of nitrogens with zero attached hydrogens (tertiary/aromatic N) is 1. The number of carbonyl (C=O) groups is 1. The summed E-state index contributed by atoms with van der Waals surface area (Å²) in [6, 6.07) is 0. The average Bonchev–Trinajstić information content (AvgIpc) is 2.52. The quantitative estimate of drug-likeness (QED) is 0.660. The molecule has 0 aromatic carbocycles. The third-order valence-corrected chi connectivity index (χ3v) is 1.13. The van der Waals surface area contributed by atoms with Gasteiger partial charge in [0.15, 0.2) is 0 Å². The minimum atomic E-state index is -0.392. The van der Waals surface area contributed by atoms with Gasteiger partial charge in [0.25, 0.3) is 0 Å². The molecule has 0 fully saturated rings. The Labute approximate surface area is 64.6 Å². The Kier molecular flexibility index (Phi) is 2.66. The van der Waals surface area contributed by atoms with Gasteiger partial charge in [0.05, 0.1) is 6.61 Å². The lowest BCUT2D eigenvalue weighted by atomic mass is 10.5. The maximum Gasteiger partial charge on any atom is 0.374 e. The van der Waals surface area contributed by atoms with Crippen molar-refractivity contribution < 1.29 is 9.53 Å². The van der Waals surface area contributed by atoms with Crippen molar-refractivity contribution in [2.45, 2.75) is 13.3 Å². The standard InChI is InChI=1S/C7H10N2O2/c1-2-5-11-7(10)6-8-3-4-9-6/h3-4H,2,5H2,1H3,(H,8,9). The van der Waals surface area contributed by atoms with Crippen molar-refractivity contribution in [1.29, 1.82) is 0 Å². The Balaban J connectivity index is 2.43. The van der Waals surface area contributed by atoms with Gasteiger partial charge in [0, 0.05) is 12.4 Å². The summed E-state index contributed by atoms with van der Waals surface area (Å²) in [5.41, 5.74) is 0. The second kappa shape index (κ2) is 3.75. The molecule has 0 aliphatic rings. The number of rotatable bonds is 3. The maximum atomic E-state index is 10.9. The summed E-state index contributed by atoms with van der Waals surface area (Å²) in [4.78, 5) is 17.3. The summed E-state index contributed by atoms with van der Waals surface area (Å²) in [5.74, 6) is -0.129. The molecular formula is C7H10N2O2. The smallest absolute Gasteiger partial charge is 0.374 e. The topological polar surface area (TPSA) is 55.0 Å². The number of nitrogens with one attached hydrogen (secondary N) is 1. The monoisotopic (exact) mass is 154 g/mol. The first-order chi connectivity index (χ1) is 5.34. The highest BCUT2D eigenvalue weighted by atomic mass is 16.5. The van der Waals surface area contributed by atoms with Crippen LogP contribution in [0.25, 0.3) is 0 Å². The first kappa shape index (κ1) is 7.78. The average molecular weight is 154 g/mol. The first-order valence-corrected chi connectivity index (χ1v) is 3.51. The molecule has 1 aromatic heterocycles. The summed E-state index contributed by atoms with van der Waals surface area (Å²) < 4.78 is 4.80. The van der Waals surface area contributed by atoms with Gasteiger partial charge >= 0.3 is 5.97 Å². The van der Waals surface area contributed by atoms with Gasteiger partial charge in [-0.2, -0.15) is 0 Å². The summed E-state index contributed by atoms with van der Waals surface area (Å²) in [6.45, 7) is 2.38. The molecule has 0 amide bonds. The number of hydrogen-bond donors (Lipinski definition) is 1. The lowest BCUT2D eigenvalue weighted by molar-refractivity contribution is 0.0492. The van der Waals surface area contributed by atoms with Crippen LogP contribution in [0.5, 0.6) is 0 Å². The fourth-order valence-electron chi connectivity index (χ4n) is 0.640. The van der Waals surface area contributed by atoms with Crippen LogP contribution in [-0.2, 0) is 4.74 Å². The largest absolute Gasteiger partial charge is 0.460 e. The fraction of sp³-hybridized carbons (Fsp3) is 0.429. The molecular weight excluding hydrogens is 144 g/mol. The zero-order chi connectivity index (χ0) is 8.10. The van der Waals surface area contributed by atoms with E-state index in [9.17, 15) is 4.79 Å². The Morgan fingerprint density at radius 3 is 3.18 bits per heavy atom. The molecule has 1 heterocycles. The number of H-pyrrole nitrogens is 1. The summed E-state index contributed by atoms with van der Waals surface area (Å²) in [6.07, 6.45) is 3.93. The van der Waals surface area contributed by atoms with Crippen molar-refractivity contribution in [1.82, 2.24) is 9.97 Å². The van der Waals surface area contributed by atoms with Crippen molar-refractivity contribution in [3.8, 4) is 0 Å². The van der Waals surface area contributed by atoms with Gasteiger partial charge in [0.2, 0.25) is 5.82 Å². The molecule has 0 aliphatic carbocycles. The third-order valence-electron chi connectivity index (χ3n) is 1.13. The van der Waals surface area contributed by atoms with Crippen LogP contribution in [0.4, 0.5) is 0 Å². The van der Waals surface area contributed by atoms with Crippen LogP contribution in [0.3, 0.4) is 0 Å². The van der Waals surface area contributed by atoms with E-state index in [1.54, 1.807) is 6.20 Å². The van der Waals surface area contributed by atoms with Crippen molar-refractivity contribution in [2.24, 2.45) is 0 Å². The molecule has 0 spiro atoms. The van der Waals surface area contributed by atoms with Crippen LogP contribution in [-0.4, -0.2) is 22.5 Å². The SMILES string of the molecule is CCCOC(=O)c1ncc[nH]1. The fourth-order valence-corrected chi connectivity index (χ4v) is 0.640. The second-order valence-electron chi connectivity index (χ2n) is 2.07. The number of imidazole rings is 1. The Morgan fingerprint density at radius 1 is 1.82 bits per heavy atom. The highest BCUT2D eigenvalue weighted by Gasteiger charge is 2.07. The molecule has 0 atom stereocenters. The van der Waals surface area contributed by atoms with E-state index in [1.165, 1.54) is 6.20 Å². The predicted octanol–water partition coefficient (Wildman–Crippen LogP) is 0.976. The van der Waals surface area contributed by atoms with Crippen LogP contribution in [0.2, 0.25) is 0 Å². The van der Waals surface area contributed by atoms with Crippen LogP contribution < -0.4 is 0 Å². The molecule has 11 heavy (non-hydrogen) atoms. The number of carbonyl (C=O) groups excluding carboxylic acids is 1. The van der Waals surface area contributed by atoms with E-state index in [-0.39, 0.29) is 5.82 Å². The Hall–Kier alpha value is -1.32. The molecule has 0 radical (unpaired) electrons. The first-order valence-electron chi connectivity index (χ1n) is 3.51. The Morgan fingerprint density at radius 2 is 2.64 bits per heavy atom. The van der Waals surface area contributed by atoms with E-state index in [1.807, 2.05) is 6.92 Å². The number of ether oxygens (including phenoxy) is 1. The molecule has 0 saturated carbocycles. The van der Waals surface area contributed by atoms with Crippen LogP contribution in [0.1, 0.15) is 24.0 Å². The molecule has 0 aliphatic heterocycles.